The number of nitrogens with zero attached hydrogens (tertiary/aromatic N) is 3. The Hall–Kier alpha value is -2.13. The van der Waals surface area contributed by atoms with E-state index >= 15 is 0 Å². The Bertz CT molecular complexity index is 641. The van der Waals surface area contributed by atoms with Gasteiger partial charge in [-0.3, -0.25) is 0 Å². The van der Waals surface area contributed by atoms with E-state index in [9.17, 15) is 5.26 Å². The number of aryl methyl sites for hydroxylation is 3. The molecule has 5 nitrogen and oxygen atoms in total. The molecule has 0 saturated heterocycles. The smallest absolute Gasteiger partial charge is 0.180 e. The maximum Gasteiger partial charge on any atom is 0.180 e. The molecule has 2 rings (SSSR count). The summed E-state index contributed by atoms with van der Waals surface area (Å²) in [6.45, 7) is 4.61. The molecule has 0 bridgehead atoms. The number of nitriles is 1. The summed E-state index contributed by atoms with van der Waals surface area (Å²) in [6, 6.07) is 4.12. The quantitative estimate of drug-likeness (QED) is 0.825. The normalized spacial score (nSPS) is 10.2. The number of hydrogen-bond donors (Lipinski definition) is 2. The van der Waals surface area contributed by atoms with Crippen molar-refractivity contribution in [2.45, 2.75) is 26.7 Å². The highest BCUT2D eigenvalue weighted by atomic mass is 32.1. The van der Waals surface area contributed by atoms with Gasteiger partial charge in [0.05, 0.1) is 11.3 Å². The molecular weight excluding hydrogens is 270 g/mol. The van der Waals surface area contributed by atoms with Gasteiger partial charge in [0.1, 0.15) is 11.9 Å². The number of rotatable bonds is 5. The van der Waals surface area contributed by atoms with Gasteiger partial charge in [-0.25, -0.2) is 9.97 Å². The van der Waals surface area contributed by atoms with Crippen LogP contribution in [0.5, 0.6) is 0 Å². The zero-order valence-electron chi connectivity index (χ0n) is 11.6. The van der Waals surface area contributed by atoms with Gasteiger partial charge in [0.2, 0.25) is 0 Å². The molecule has 6 heteroatoms. The molecule has 0 aliphatic rings. The molecule has 0 aliphatic heterocycles. The van der Waals surface area contributed by atoms with Crippen molar-refractivity contribution < 1.29 is 0 Å². The number of nitrogens with two attached hydrogens (primary N) is 1. The molecule has 104 valence electrons. The zero-order valence-corrected chi connectivity index (χ0v) is 12.4. The third kappa shape index (κ3) is 3.45. The monoisotopic (exact) mass is 287 g/mol. The van der Waals surface area contributed by atoms with E-state index in [0.29, 0.717) is 16.5 Å². The zero-order chi connectivity index (χ0) is 14.5. The SMILES string of the molecule is Cc1cc(C)c(C#N)c(NCCCc2csc(N)n2)n1. The first kappa shape index (κ1) is 14.3. The van der Waals surface area contributed by atoms with Gasteiger partial charge in [-0.05, 0) is 38.3 Å². The second kappa shape index (κ2) is 6.35. The second-order valence-electron chi connectivity index (χ2n) is 4.62. The highest BCUT2D eigenvalue weighted by molar-refractivity contribution is 7.13. The molecule has 0 spiro atoms. The minimum atomic E-state index is 0.607. The van der Waals surface area contributed by atoms with E-state index in [1.54, 1.807) is 0 Å². The highest BCUT2D eigenvalue weighted by Crippen LogP contribution is 2.18. The van der Waals surface area contributed by atoms with Crippen LogP contribution >= 0.6 is 11.3 Å². The van der Waals surface area contributed by atoms with Crippen molar-refractivity contribution in [2.75, 3.05) is 17.6 Å². The van der Waals surface area contributed by atoms with Crippen LogP contribution in [-0.2, 0) is 6.42 Å². The number of thiazole rings is 1. The van der Waals surface area contributed by atoms with Crippen LogP contribution < -0.4 is 11.1 Å². The maximum absolute atomic E-state index is 9.17. The fourth-order valence-electron chi connectivity index (χ4n) is 2.02. The number of nitrogen functional groups attached to an aromatic ring is 1. The Morgan fingerprint density at radius 2 is 2.20 bits per heavy atom. The predicted octanol–water partition coefficient (Wildman–Crippen LogP) is 2.65. The van der Waals surface area contributed by atoms with Crippen molar-refractivity contribution in [3.63, 3.8) is 0 Å². The maximum atomic E-state index is 9.17. The average Bonchev–Trinajstić information content (AvgIpc) is 2.80. The van der Waals surface area contributed by atoms with E-state index in [2.05, 4.69) is 21.4 Å². The van der Waals surface area contributed by atoms with Crippen LogP contribution in [0.2, 0.25) is 0 Å². The second-order valence-corrected chi connectivity index (χ2v) is 5.51. The Morgan fingerprint density at radius 3 is 2.85 bits per heavy atom. The molecule has 0 aromatic carbocycles. The molecule has 3 N–H and O–H groups in total. The van der Waals surface area contributed by atoms with Crippen molar-refractivity contribution in [3.05, 3.63) is 34.0 Å². The Labute approximate surface area is 122 Å². The Kier molecular flexibility index (Phi) is 4.53. The summed E-state index contributed by atoms with van der Waals surface area (Å²) in [7, 11) is 0. The van der Waals surface area contributed by atoms with Crippen molar-refractivity contribution >= 4 is 22.3 Å². The lowest BCUT2D eigenvalue weighted by molar-refractivity contribution is 0.839. The predicted molar refractivity (Wildman–Crippen MR) is 81.8 cm³/mol. The van der Waals surface area contributed by atoms with Crippen LogP contribution in [0, 0.1) is 25.2 Å². The van der Waals surface area contributed by atoms with Crippen molar-refractivity contribution in [3.8, 4) is 6.07 Å². The van der Waals surface area contributed by atoms with Crippen LogP contribution in [0.15, 0.2) is 11.4 Å². The number of nitrogens with one attached hydrogen (secondary N) is 1. The molecule has 0 aliphatic carbocycles. The molecule has 0 radical (unpaired) electrons. The topological polar surface area (TPSA) is 87.6 Å². The largest absolute Gasteiger partial charge is 0.375 e. The molecule has 2 aromatic rings. The molecular formula is C14H17N5S. The van der Waals surface area contributed by atoms with Crippen molar-refractivity contribution in [1.29, 1.82) is 5.26 Å². The average molecular weight is 287 g/mol. The molecule has 0 atom stereocenters. The summed E-state index contributed by atoms with van der Waals surface area (Å²) in [5.41, 5.74) is 9.09. The van der Waals surface area contributed by atoms with Gasteiger partial charge in [-0.1, -0.05) is 0 Å². The fourth-order valence-corrected chi connectivity index (χ4v) is 2.62. The number of hydrogen-bond acceptors (Lipinski definition) is 6. The van der Waals surface area contributed by atoms with Gasteiger partial charge in [0, 0.05) is 17.6 Å². The summed E-state index contributed by atoms with van der Waals surface area (Å²) in [6.07, 6.45) is 1.79. The van der Waals surface area contributed by atoms with Gasteiger partial charge in [0.25, 0.3) is 0 Å². The van der Waals surface area contributed by atoms with Gasteiger partial charge < -0.3 is 11.1 Å². The summed E-state index contributed by atoms with van der Waals surface area (Å²) in [5, 5.41) is 15.0. The van der Waals surface area contributed by atoms with Crippen LogP contribution in [-0.4, -0.2) is 16.5 Å². The number of pyridine rings is 1. The molecule has 0 unspecified atom stereocenters. The van der Waals surface area contributed by atoms with Crippen LogP contribution in [0.4, 0.5) is 10.9 Å². The first-order chi connectivity index (χ1) is 9.60. The number of anilines is 2. The number of aromatic nitrogens is 2. The van der Waals surface area contributed by atoms with E-state index in [1.807, 2.05) is 25.3 Å². The lowest BCUT2D eigenvalue weighted by atomic mass is 10.1. The van der Waals surface area contributed by atoms with E-state index in [1.165, 1.54) is 11.3 Å². The summed E-state index contributed by atoms with van der Waals surface area (Å²) < 4.78 is 0. The van der Waals surface area contributed by atoms with E-state index in [0.717, 1.165) is 36.3 Å². The minimum absolute atomic E-state index is 0.607. The van der Waals surface area contributed by atoms with Crippen LogP contribution in [0.1, 0.15) is 28.9 Å². The first-order valence-corrected chi connectivity index (χ1v) is 7.30. The third-order valence-electron chi connectivity index (χ3n) is 2.93. The van der Waals surface area contributed by atoms with E-state index < -0.39 is 0 Å². The third-order valence-corrected chi connectivity index (χ3v) is 3.65. The lowest BCUT2D eigenvalue weighted by Gasteiger charge is -2.09. The molecule has 0 amide bonds. The van der Waals surface area contributed by atoms with Crippen LogP contribution in [0.25, 0.3) is 0 Å². The molecule has 2 heterocycles. The fraction of sp³-hybridized carbons (Fsp3) is 0.357. The first-order valence-electron chi connectivity index (χ1n) is 6.42. The van der Waals surface area contributed by atoms with E-state index in [4.69, 9.17) is 5.73 Å². The Morgan fingerprint density at radius 1 is 1.40 bits per heavy atom. The summed E-state index contributed by atoms with van der Waals surface area (Å²) >= 11 is 1.46. The molecule has 2 aromatic heterocycles. The lowest BCUT2D eigenvalue weighted by Crippen LogP contribution is -2.08. The molecule has 0 fully saturated rings. The molecule has 20 heavy (non-hydrogen) atoms. The van der Waals surface area contributed by atoms with Crippen LogP contribution in [0.3, 0.4) is 0 Å². The van der Waals surface area contributed by atoms with Gasteiger partial charge >= 0.3 is 0 Å². The molecule has 0 saturated carbocycles. The highest BCUT2D eigenvalue weighted by Gasteiger charge is 2.07. The van der Waals surface area contributed by atoms with Gasteiger partial charge in [-0.2, -0.15) is 5.26 Å². The van der Waals surface area contributed by atoms with Crippen molar-refractivity contribution in [2.24, 2.45) is 0 Å². The van der Waals surface area contributed by atoms with Crippen molar-refractivity contribution in [1.82, 2.24) is 9.97 Å². The van der Waals surface area contributed by atoms with Gasteiger partial charge in [-0.15, -0.1) is 11.3 Å². The minimum Gasteiger partial charge on any atom is -0.375 e. The Balaban J connectivity index is 1.93. The standard InChI is InChI=1S/C14H17N5S/c1-9-6-10(2)18-13(12(9)7-15)17-5-3-4-11-8-20-14(16)19-11/h6,8H,3-5H2,1-2H3,(H2,16,19)(H,17,18). The summed E-state index contributed by atoms with van der Waals surface area (Å²) in [4.78, 5) is 8.60. The van der Waals surface area contributed by atoms with Gasteiger partial charge in [0.15, 0.2) is 5.13 Å². The van der Waals surface area contributed by atoms with E-state index in [-0.39, 0.29) is 0 Å². The summed E-state index contributed by atoms with van der Waals surface area (Å²) in [5.74, 6) is 0.669.